The van der Waals surface area contributed by atoms with E-state index in [0.29, 0.717) is 37.1 Å². The number of fused-ring (bicyclic) bond motifs is 1. The number of methoxy groups -OCH3 is 1. The highest BCUT2D eigenvalue weighted by molar-refractivity contribution is 5.77. The maximum absolute atomic E-state index is 13.7. The minimum atomic E-state index is -4.56. The van der Waals surface area contributed by atoms with Gasteiger partial charge in [0.1, 0.15) is 12.3 Å². The zero-order chi connectivity index (χ0) is 28.3. The summed E-state index contributed by atoms with van der Waals surface area (Å²) < 4.78 is 47.7. The molecule has 1 atom stereocenters. The summed E-state index contributed by atoms with van der Waals surface area (Å²) in [5.41, 5.74) is 4.30. The number of ether oxygens (including phenoxy) is 1. The van der Waals surface area contributed by atoms with Crippen molar-refractivity contribution in [3.8, 4) is 16.9 Å². The molecule has 0 saturated carbocycles. The van der Waals surface area contributed by atoms with E-state index in [4.69, 9.17) is 4.74 Å². The largest absolute Gasteiger partial charge is 0.497 e. The topological polar surface area (TPSA) is 69.0 Å². The molecule has 2 aromatic carbocycles. The second kappa shape index (κ2) is 11.5. The fraction of sp³-hybridized carbons (Fsp3) is 0.323. The predicted octanol–water partition coefficient (Wildman–Crippen LogP) is 6.26. The van der Waals surface area contributed by atoms with Crippen molar-refractivity contribution in [3.63, 3.8) is 0 Å². The van der Waals surface area contributed by atoms with E-state index in [-0.39, 0.29) is 12.1 Å². The normalized spacial score (nSPS) is 13.9. The Morgan fingerprint density at radius 1 is 1.05 bits per heavy atom. The molecule has 1 aliphatic carbocycles. The van der Waals surface area contributed by atoms with Gasteiger partial charge < -0.3 is 10.1 Å². The summed E-state index contributed by atoms with van der Waals surface area (Å²) >= 11 is 0. The average molecular weight is 549 g/mol. The lowest BCUT2D eigenvalue weighted by atomic mass is 9.93. The van der Waals surface area contributed by atoms with Gasteiger partial charge in [-0.3, -0.25) is 14.5 Å². The lowest BCUT2D eigenvalue weighted by Crippen LogP contribution is -2.34. The lowest BCUT2D eigenvalue weighted by Gasteiger charge is -2.22. The number of aryl methyl sites for hydroxylation is 1. The van der Waals surface area contributed by atoms with Crippen molar-refractivity contribution in [1.29, 1.82) is 0 Å². The first kappa shape index (κ1) is 27.4. The van der Waals surface area contributed by atoms with Crippen LogP contribution in [0, 0.1) is 6.92 Å². The smallest absolute Gasteiger partial charge is 0.435 e. The minimum Gasteiger partial charge on any atom is -0.497 e. The van der Waals surface area contributed by atoms with E-state index in [1.807, 2.05) is 67.6 Å². The van der Waals surface area contributed by atoms with E-state index in [1.54, 1.807) is 13.3 Å². The highest BCUT2D eigenvalue weighted by Crippen LogP contribution is 2.36. The Hall–Kier alpha value is -4.14. The number of hydrogen-bond donors (Lipinski definition) is 1. The Kier molecular flexibility index (Phi) is 7.91. The monoisotopic (exact) mass is 548 g/mol. The van der Waals surface area contributed by atoms with Gasteiger partial charge in [0.2, 0.25) is 5.91 Å². The van der Waals surface area contributed by atoms with Gasteiger partial charge in [-0.2, -0.15) is 18.3 Å². The number of pyridine rings is 1. The number of hydrogen-bond acceptors (Lipinski definition) is 4. The zero-order valence-electron chi connectivity index (χ0n) is 22.5. The third kappa shape index (κ3) is 5.88. The van der Waals surface area contributed by atoms with E-state index >= 15 is 0 Å². The Labute approximate surface area is 231 Å². The number of benzene rings is 2. The van der Waals surface area contributed by atoms with Crippen molar-refractivity contribution in [2.45, 2.75) is 57.8 Å². The molecule has 0 spiro atoms. The summed E-state index contributed by atoms with van der Waals surface area (Å²) in [6.45, 7) is 1.69. The number of carbonyl (C=O) groups is 1. The molecule has 6 nitrogen and oxygen atoms in total. The fourth-order valence-corrected chi connectivity index (χ4v) is 5.46. The molecule has 1 amide bonds. The molecule has 0 saturated heterocycles. The zero-order valence-corrected chi connectivity index (χ0v) is 22.5. The van der Waals surface area contributed by atoms with Gasteiger partial charge in [0.25, 0.3) is 0 Å². The molecule has 1 aliphatic rings. The molecule has 9 heteroatoms. The molecule has 1 unspecified atom stereocenters. The summed E-state index contributed by atoms with van der Waals surface area (Å²) in [6, 6.07) is 18.8. The molecule has 2 heterocycles. The maximum Gasteiger partial charge on any atom is 0.435 e. The average Bonchev–Trinajstić information content (AvgIpc) is 3.32. The van der Waals surface area contributed by atoms with Crippen LogP contribution >= 0.6 is 0 Å². The number of aromatic nitrogens is 3. The van der Waals surface area contributed by atoms with Crippen LogP contribution in [0.4, 0.5) is 13.2 Å². The van der Waals surface area contributed by atoms with E-state index in [0.717, 1.165) is 34.4 Å². The van der Waals surface area contributed by atoms with Gasteiger partial charge in [0.15, 0.2) is 5.69 Å². The van der Waals surface area contributed by atoms with E-state index in [1.165, 1.54) is 4.68 Å². The second-order valence-electron chi connectivity index (χ2n) is 10.1. The SMILES string of the molecule is COc1ccc(-c2cccnc2C(Cc2ccccc2)NC(=O)Cn2nc(C(F)(F)F)c3c2CCCC3)c(C)c1. The number of carbonyl (C=O) groups excluding carboxylic acids is 1. The Morgan fingerprint density at radius 2 is 1.82 bits per heavy atom. The molecule has 2 aromatic heterocycles. The third-order valence-electron chi connectivity index (χ3n) is 7.33. The summed E-state index contributed by atoms with van der Waals surface area (Å²) in [4.78, 5) is 18.1. The maximum atomic E-state index is 13.7. The summed E-state index contributed by atoms with van der Waals surface area (Å²) in [5.74, 6) is 0.315. The van der Waals surface area contributed by atoms with E-state index in [2.05, 4.69) is 15.4 Å². The molecule has 0 bridgehead atoms. The first-order valence-electron chi connectivity index (χ1n) is 13.3. The first-order chi connectivity index (χ1) is 19.2. The van der Waals surface area contributed by atoms with Crippen molar-refractivity contribution in [2.75, 3.05) is 7.11 Å². The molecule has 1 N–H and O–H groups in total. The van der Waals surface area contributed by atoms with Crippen LogP contribution in [0.25, 0.3) is 11.1 Å². The molecular weight excluding hydrogens is 517 g/mol. The number of nitrogens with one attached hydrogen (secondary N) is 1. The van der Waals surface area contributed by atoms with Crippen LogP contribution in [0.5, 0.6) is 5.75 Å². The summed E-state index contributed by atoms with van der Waals surface area (Å²) in [5, 5.41) is 6.93. The Bertz CT molecular complexity index is 1500. The number of halogens is 3. The second-order valence-corrected chi connectivity index (χ2v) is 10.1. The van der Waals surface area contributed by atoms with Crippen molar-refractivity contribution < 1.29 is 22.7 Å². The van der Waals surface area contributed by atoms with Gasteiger partial charge in [0, 0.05) is 23.0 Å². The van der Waals surface area contributed by atoms with Crippen LogP contribution in [0.3, 0.4) is 0 Å². The summed E-state index contributed by atoms with van der Waals surface area (Å²) in [6.07, 6.45) is -0.176. The number of rotatable bonds is 8. The highest BCUT2D eigenvalue weighted by Gasteiger charge is 2.39. The molecule has 5 rings (SSSR count). The van der Waals surface area contributed by atoms with Crippen molar-refractivity contribution in [3.05, 3.63) is 101 Å². The van der Waals surface area contributed by atoms with Crippen molar-refractivity contribution >= 4 is 5.91 Å². The number of nitrogens with zero attached hydrogens (tertiary/aromatic N) is 3. The fourth-order valence-electron chi connectivity index (χ4n) is 5.46. The van der Waals surface area contributed by atoms with Gasteiger partial charge in [-0.25, -0.2) is 0 Å². The van der Waals surface area contributed by atoms with E-state index in [9.17, 15) is 18.0 Å². The first-order valence-corrected chi connectivity index (χ1v) is 13.3. The van der Waals surface area contributed by atoms with Gasteiger partial charge in [0.05, 0.1) is 18.8 Å². The molecule has 0 aliphatic heterocycles. The number of alkyl halides is 3. The molecule has 0 fully saturated rings. The van der Waals surface area contributed by atoms with Crippen LogP contribution in [-0.2, 0) is 36.8 Å². The van der Waals surface area contributed by atoms with Crippen LogP contribution in [0.15, 0.2) is 66.9 Å². The molecule has 0 radical (unpaired) electrons. The molecular formula is C31H31F3N4O2. The Morgan fingerprint density at radius 3 is 2.55 bits per heavy atom. The van der Waals surface area contributed by atoms with E-state index < -0.39 is 23.8 Å². The van der Waals surface area contributed by atoms with Crippen LogP contribution < -0.4 is 10.1 Å². The van der Waals surface area contributed by atoms with Gasteiger partial charge >= 0.3 is 6.18 Å². The third-order valence-corrected chi connectivity index (χ3v) is 7.33. The summed E-state index contributed by atoms with van der Waals surface area (Å²) in [7, 11) is 1.61. The lowest BCUT2D eigenvalue weighted by molar-refractivity contribution is -0.142. The van der Waals surface area contributed by atoms with Gasteiger partial charge in [-0.1, -0.05) is 42.5 Å². The van der Waals surface area contributed by atoms with Crippen LogP contribution in [0.1, 0.15) is 52.7 Å². The van der Waals surface area contributed by atoms with Crippen molar-refractivity contribution in [2.24, 2.45) is 0 Å². The number of amides is 1. The Balaban J connectivity index is 1.48. The molecule has 4 aromatic rings. The quantitative estimate of drug-likeness (QED) is 0.282. The standard InChI is InChI=1S/C31H31F3N4O2/c1-20-17-22(40-2)14-15-23(20)24-12-8-16-35-29(24)26(18-21-9-4-3-5-10-21)36-28(39)19-38-27-13-7-6-11-25(27)30(37-38)31(32,33)34/h3-5,8-10,12,14-17,26H,6-7,11,13,18-19H2,1-2H3,(H,36,39). The molecule has 208 valence electrons. The predicted molar refractivity (Wildman–Crippen MR) is 146 cm³/mol. The van der Waals surface area contributed by atoms with Crippen molar-refractivity contribution in [1.82, 2.24) is 20.1 Å². The molecule has 40 heavy (non-hydrogen) atoms. The minimum absolute atomic E-state index is 0.217. The highest BCUT2D eigenvalue weighted by atomic mass is 19.4. The van der Waals surface area contributed by atoms with Gasteiger partial charge in [-0.05, 0) is 73.9 Å². The van der Waals surface area contributed by atoms with Crippen LogP contribution in [0.2, 0.25) is 0 Å². The van der Waals surface area contributed by atoms with Crippen LogP contribution in [-0.4, -0.2) is 27.8 Å². The van der Waals surface area contributed by atoms with Gasteiger partial charge in [-0.15, -0.1) is 0 Å².